The van der Waals surface area contributed by atoms with E-state index in [4.69, 9.17) is 14.2 Å². The van der Waals surface area contributed by atoms with Crippen molar-refractivity contribution in [1.29, 1.82) is 0 Å². The van der Waals surface area contributed by atoms with E-state index >= 15 is 0 Å². The van der Waals surface area contributed by atoms with Crippen molar-refractivity contribution in [2.75, 3.05) is 14.2 Å². The molecule has 3 aromatic rings. The number of methoxy groups -OCH3 is 2. The Morgan fingerprint density at radius 1 is 0.862 bits per heavy atom. The molecule has 0 aromatic heterocycles. The van der Waals surface area contributed by atoms with Gasteiger partial charge in [0.25, 0.3) is 0 Å². The Balaban J connectivity index is 1.55. The molecule has 0 saturated heterocycles. The molecular formula is C24H22N2O3. The van der Waals surface area contributed by atoms with Crippen molar-refractivity contribution in [3.63, 3.8) is 0 Å². The van der Waals surface area contributed by atoms with Crippen molar-refractivity contribution in [1.82, 2.24) is 10.4 Å². The monoisotopic (exact) mass is 386 g/mol. The van der Waals surface area contributed by atoms with Crippen LogP contribution in [0.2, 0.25) is 0 Å². The van der Waals surface area contributed by atoms with E-state index in [1.807, 2.05) is 48.5 Å². The van der Waals surface area contributed by atoms with Crippen LogP contribution in [0.1, 0.15) is 29.0 Å². The maximum Gasteiger partial charge on any atom is 0.196 e. The van der Waals surface area contributed by atoms with Crippen molar-refractivity contribution < 1.29 is 14.2 Å². The lowest BCUT2D eigenvalue weighted by Gasteiger charge is -2.39. The Hall–Kier alpha value is -3.44. The summed E-state index contributed by atoms with van der Waals surface area (Å²) in [6.45, 7) is 0. The number of ether oxygens (including phenoxy) is 3. The van der Waals surface area contributed by atoms with Crippen LogP contribution in [0.5, 0.6) is 17.2 Å². The summed E-state index contributed by atoms with van der Waals surface area (Å²) in [6, 6.07) is 24.3. The number of hydrazine groups is 1. The van der Waals surface area contributed by atoms with E-state index in [-0.39, 0.29) is 12.3 Å². The van der Waals surface area contributed by atoms with Crippen LogP contribution in [0, 0.1) is 0 Å². The quantitative estimate of drug-likeness (QED) is 0.704. The molecule has 2 atom stereocenters. The second-order valence-corrected chi connectivity index (χ2v) is 7.06. The van der Waals surface area contributed by atoms with Gasteiger partial charge in [0.15, 0.2) is 6.23 Å². The van der Waals surface area contributed by atoms with Gasteiger partial charge >= 0.3 is 0 Å². The first-order valence-electron chi connectivity index (χ1n) is 9.57. The Morgan fingerprint density at radius 2 is 1.66 bits per heavy atom. The molecular weight excluding hydrogens is 364 g/mol. The average Bonchev–Trinajstić information content (AvgIpc) is 3.24. The van der Waals surface area contributed by atoms with E-state index < -0.39 is 0 Å². The smallest absolute Gasteiger partial charge is 0.196 e. The summed E-state index contributed by atoms with van der Waals surface area (Å²) >= 11 is 0. The van der Waals surface area contributed by atoms with Crippen LogP contribution in [-0.4, -0.2) is 19.2 Å². The van der Waals surface area contributed by atoms with Crippen LogP contribution in [-0.2, 0) is 0 Å². The van der Waals surface area contributed by atoms with Gasteiger partial charge in [-0.25, -0.2) is 0 Å². The number of nitrogens with one attached hydrogen (secondary N) is 1. The molecule has 2 heterocycles. The Morgan fingerprint density at radius 3 is 2.45 bits per heavy atom. The highest BCUT2D eigenvalue weighted by Crippen LogP contribution is 2.46. The molecule has 1 N–H and O–H groups in total. The van der Waals surface area contributed by atoms with Gasteiger partial charge < -0.3 is 19.6 Å². The molecule has 5 heteroatoms. The Kier molecular flexibility index (Phi) is 4.37. The summed E-state index contributed by atoms with van der Waals surface area (Å²) in [5.74, 6) is 2.55. The molecule has 5 rings (SSSR count). The number of benzene rings is 3. The molecule has 0 radical (unpaired) electrons. The van der Waals surface area contributed by atoms with E-state index in [2.05, 4.69) is 40.8 Å². The Labute approximate surface area is 170 Å². The highest BCUT2D eigenvalue weighted by molar-refractivity contribution is 5.68. The molecule has 0 fully saturated rings. The normalized spacial score (nSPS) is 20.0. The van der Waals surface area contributed by atoms with E-state index in [0.717, 1.165) is 39.6 Å². The van der Waals surface area contributed by atoms with Crippen LogP contribution in [0.4, 0.5) is 0 Å². The lowest BCUT2D eigenvalue weighted by atomic mass is 10.0. The molecule has 0 unspecified atom stereocenters. The highest BCUT2D eigenvalue weighted by atomic mass is 16.5. The number of fused-ring (bicyclic) bond motifs is 3. The van der Waals surface area contributed by atoms with E-state index in [0.29, 0.717) is 0 Å². The lowest BCUT2D eigenvalue weighted by Crippen LogP contribution is -2.43. The van der Waals surface area contributed by atoms with E-state index in [9.17, 15) is 0 Å². The van der Waals surface area contributed by atoms with Gasteiger partial charge in [-0.15, -0.1) is 0 Å². The standard InChI is InChI=1S/C24H22N2O3/c1-27-18-12-10-16(11-13-18)21-15-22-20-8-3-4-9-23(20)29-24(26(22)25-21)17-6-5-7-19(14-17)28-2/h3-15,22,24-25H,1-2H3/t22-,24-/m1/s1. The SMILES string of the molecule is COc1ccc(C2=C[C@@H]3c4ccccc4O[C@H](c4cccc(OC)c4)N3N2)cc1. The van der Waals surface area contributed by atoms with Gasteiger partial charge in [-0.3, -0.25) is 0 Å². The summed E-state index contributed by atoms with van der Waals surface area (Å²) in [4.78, 5) is 0. The summed E-state index contributed by atoms with van der Waals surface area (Å²) in [5.41, 5.74) is 7.88. The topological polar surface area (TPSA) is 43.0 Å². The Bertz CT molecular complexity index is 1060. The van der Waals surface area contributed by atoms with Gasteiger partial charge in [0.05, 0.1) is 26.0 Å². The maximum atomic E-state index is 6.41. The van der Waals surface area contributed by atoms with Gasteiger partial charge in [0, 0.05) is 11.1 Å². The zero-order valence-corrected chi connectivity index (χ0v) is 16.3. The molecule has 3 aromatic carbocycles. The van der Waals surface area contributed by atoms with Crippen molar-refractivity contribution in [3.05, 3.63) is 95.6 Å². The zero-order valence-electron chi connectivity index (χ0n) is 16.3. The highest BCUT2D eigenvalue weighted by Gasteiger charge is 2.40. The molecule has 2 aliphatic heterocycles. The summed E-state index contributed by atoms with van der Waals surface area (Å²) in [7, 11) is 3.35. The predicted octanol–water partition coefficient (Wildman–Crippen LogP) is 4.70. The molecule has 5 nitrogen and oxygen atoms in total. The third-order valence-corrected chi connectivity index (χ3v) is 5.38. The van der Waals surface area contributed by atoms with Crippen LogP contribution < -0.4 is 19.6 Å². The van der Waals surface area contributed by atoms with Gasteiger partial charge in [-0.05, 0) is 54.1 Å². The second kappa shape index (κ2) is 7.18. The van der Waals surface area contributed by atoms with Gasteiger partial charge in [0.1, 0.15) is 17.2 Å². The number of para-hydroxylation sites is 1. The van der Waals surface area contributed by atoms with Crippen molar-refractivity contribution in [2.24, 2.45) is 0 Å². The van der Waals surface area contributed by atoms with Crippen molar-refractivity contribution in [3.8, 4) is 17.2 Å². The molecule has 0 aliphatic carbocycles. The summed E-state index contributed by atoms with van der Waals surface area (Å²) in [5, 5.41) is 2.15. The fraction of sp³-hybridized carbons (Fsp3) is 0.167. The number of hydrogen-bond donors (Lipinski definition) is 1. The molecule has 0 saturated carbocycles. The minimum absolute atomic E-state index is 0.0632. The van der Waals surface area contributed by atoms with Gasteiger partial charge in [0.2, 0.25) is 0 Å². The third-order valence-electron chi connectivity index (χ3n) is 5.38. The maximum absolute atomic E-state index is 6.41. The van der Waals surface area contributed by atoms with Crippen LogP contribution in [0.25, 0.3) is 5.70 Å². The average molecular weight is 386 g/mol. The van der Waals surface area contributed by atoms with Gasteiger partial charge in [-0.1, -0.05) is 30.3 Å². The molecule has 0 bridgehead atoms. The molecule has 146 valence electrons. The molecule has 0 spiro atoms. The second-order valence-electron chi connectivity index (χ2n) is 7.06. The van der Waals surface area contributed by atoms with Crippen LogP contribution >= 0.6 is 0 Å². The predicted molar refractivity (Wildman–Crippen MR) is 111 cm³/mol. The minimum atomic E-state index is -0.281. The van der Waals surface area contributed by atoms with Gasteiger partial charge in [-0.2, -0.15) is 5.01 Å². The first-order valence-corrected chi connectivity index (χ1v) is 9.57. The van der Waals surface area contributed by atoms with Crippen LogP contribution in [0.15, 0.2) is 78.9 Å². The van der Waals surface area contributed by atoms with E-state index in [1.165, 1.54) is 0 Å². The molecule has 29 heavy (non-hydrogen) atoms. The molecule has 0 amide bonds. The fourth-order valence-corrected chi connectivity index (χ4v) is 3.89. The van der Waals surface area contributed by atoms with E-state index in [1.54, 1.807) is 14.2 Å². The van der Waals surface area contributed by atoms with Crippen LogP contribution in [0.3, 0.4) is 0 Å². The summed E-state index contributed by atoms with van der Waals surface area (Å²) in [6.07, 6.45) is 1.97. The summed E-state index contributed by atoms with van der Waals surface area (Å²) < 4.78 is 17.1. The number of nitrogens with zero attached hydrogens (tertiary/aromatic N) is 1. The largest absolute Gasteiger partial charge is 0.497 e. The fourth-order valence-electron chi connectivity index (χ4n) is 3.89. The number of rotatable bonds is 4. The number of hydrogen-bond acceptors (Lipinski definition) is 5. The zero-order chi connectivity index (χ0) is 19.8. The molecule has 2 aliphatic rings. The van der Waals surface area contributed by atoms with Crippen molar-refractivity contribution >= 4 is 5.70 Å². The minimum Gasteiger partial charge on any atom is -0.497 e. The van der Waals surface area contributed by atoms with Crippen molar-refractivity contribution in [2.45, 2.75) is 12.3 Å². The first kappa shape index (κ1) is 17.6. The third kappa shape index (κ3) is 3.09. The lowest BCUT2D eigenvalue weighted by molar-refractivity contribution is -0.0327. The first-order chi connectivity index (χ1) is 14.3.